The van der Waals surface area contributed by atoms with E-state index in [1.54, 1.807) is 30.7 Å². The maximum atomic E-state index is 12.5. The molecular formula is C23H23N3O3. The lowest BCUT2D eigenvalue weighted by molar-refractivity contribution is -0.123. The number of fused-ring (bicyclic) bond motifs is 1. The van der Waals surface area contributed by atoms with Gasteiger partial charge in [-0.3, -0.25) is 9.78 Å². The molecule has 148 valence electrons. The van der Waals surface area contributed by atoms with Crippen LogP contribution in [0.2, 0.25) is 0 Å². The first-order valence-corrected chi connectivity index (χ1v) is 9.75. The zero-order valence-corrected chi connectivity index (χ0v) is 16.1. The molecule has 1 unspecified atom stereocenters. The summed E-state index contributed by atoms with van der Waals surface area (Å²) in [7, 11) is 0. The summed E-state index contributed by atoms with van der Waals surface area (Å²) in [5.74, 6) is 0.639. The number of ether oxygens (including phenoxy) is 2. The Bertz CT molecular complexity index is 962. The van der Waals surface area contributed by atoms with Crippen LogP contribution in [-0.4, -0.2) is 22.5 Å². The zero-order valence-electron chi connectivity index (χ0n) is 16.1. The number of benzene rings is 1. The molecule has 2 heterocycles. The third kappa shape index (κ3) is 4.97. The van der Waals surface area contributed by atoms with Crippen molar-refractivity contribution in [3.8, 4) is 5.75 Å². The predicted octanol–water partition coefficient (Wildman–Crippen LogP) is 4.09. The van der Waals surface area contributed by atoms with Gasteiger partial charge in [0, 0.05) is 24.2 Å². The third-order valence-electron chi connectivity index (χ3n) is 4.88. The van der Waals surface area contributed by atoms with Gasteiger partial charge in [-0.2, -0.15) is 0 Å². The van der Waals surface area contributed by atoms with Crippen LogP contribution >= 0.6 is 0 Å². The number of nitrogens with zero attached hydrogens (tertiary/aromatic N) is 2. The summed E-state index contributed by atoms with van der Waals surface area (Å²) in [6.45, 7) is 0.315. The van der Waals surface area contributed by atoms with E-state index < -0.39 is 0 Å². The maximum absolute atomic E-state index is 12.5. The van der Waals surface area contributed by atoms with Crippen molar-refractivity contribution in [3.05, 3.63) is 83.8 Å². The fraction of sp³-hybridized carbons (Fsp3) is 0.261. The van der Waals surface area contributed by atoms with E-state index in [1.807, 2.05) is 24.3 Å². The molecule has 6 heteroatoms. The summed E-state index contributed by atoms with van der Waals surface area (Å²) >= 11 is 0. The second kappa shape index (κ2) is 9.30. The van der Waals surface area contributed by atoms with Crippen LogP contribution < -0.4 is 10.1 Å². The van der Waals surface area contributed by atoms with Crippen LogP contribution in [0.5, 0.6) is 5.75 Å². The molecule has 29 heavy (non-hydrogen) atoms. The molecule has 2 aromatic heterocycles. The summed E-state index contributed by atoms with van der Waals surface area (Å²) in [4.78, 5) is 20.8. The van der Waals surface area contributed by atoms with Crippen molar-refractivity contribution >= 4 is 11.7 Å². The molecule has 1 aliphatic carbocycles. The smallest absolute Gasteiger partial charge is 0.251 e. The summed E-state index contributed by atoms with van der Waals surface area (Å²) in [5, 5.41) is 2.79. The molecule has 1 aliphatic rings. The van der Waals surface area contributed by atoms with Gasteiger partial charge in [0.05, 0.1) is 6.10 Å². The lowest BCUT2D eigenvalue weighted by Crippen LogP contribution is -2.22. The Hall–Kier alpha value is -3.25. The van der Waals surface area contributed by atoms with Crippen molar-refractivity contribution in [2.24, 2.45) is 0 Å². The van der Waals surface area contributed by atoms with Crippen LogP contribution in [-0.2, 0) is 22.6 Å². The van der Waals surface area contributed by atoms with Gasteiger partial charge < -0.3 is 14.8 Å². The van der Waals surface area contributed by atoms with Gasteiger partial charge in [-0.25, -0.2) is 4.98 Å². The van der Waals surface area contributed by atoms with Crippen LogP contribution in [0.3, 0.4) is 0 Å². The molecule has 0 fully saturated rings. The quantitative estimate of drug-likeness (QED) is 0.659. The molecule has 0 spiro atoms. The number of hydrogen-bond donors (Lipinski definition) is 1. The van der Waals surface area contributed by atoms with E-state index in [1.165, 1.54) is 11.1 Å². The Labute approximate surface area is 169 Å². The first-order chi connectivity index (χ1) is 14.3. The van der Waals surface area contributed by atoms with Crippen LogP contribution in [0, 0.1) is 0 Å². The number of anilines is 1. The molecule has 0 saturated carbocycles. The highest BCUT2D eigenvalue weighted by Crippen LogP contribution is 2.32. The van der Waals surface area contributed by atoms with E-state index >= 15 is 0 Å². The Kier molecular flexibility index (Phi) is 6.12. The third-order valence-corrected chi connectivity index (χ3v) is 4.88. The van der Waals surface area contributed by atoms with Crippen LogP contribution in [0.1, 0.15) is 35.6 Å². The molecule has 0 saturated heterocycles. The summed E-state index contributed by atoms with van der Waals surface area (Å²) in [6, 6.07) is 15.6. The lowest BCUT2D eigenvalue weighted by atomic mass is 9.89. The van der Waals surface area contributed by atoms with E-state index in [-0.39, 0.29) is 18.6 Å². The number of rotatable bonds is 7. The highest BCUT2D eigenvalue weighted by molar-refractivity contribution is 5.92. The first-order valence-electron chi connectivity index (χ1n) is 9.75. The van der Waals surface area contributed by atoms with Crippen molar-refractivity contribution < 1.29 is 14.3 Å². The summed E-state index contributed by atoms with van der Waals surface area (Å²) < 4.78 is 11.7. The number of amides is 1. The Morgan fingerprint density at radius 1 is 1.10 bits per heavy atom. The van der Waals surface area contributed by atoms with Gasteiger partial charge in [-0.1, -0.05) is 30.3 Å². The highest BCUT2D eigenvalue weighted by Gasteiger charge is 2.21. The average molecular weight is 389 g/mol. The SMILES string of the molecule is O=C(COC1CCCc2ccccc21)Nc1ncccc1OCc1cccnc1. The molecule has 0 aliphatic heterocycles. The predicted molar refractivity (Wildman–Crippen MR) is 110 cm³/mol. The first kappa shape index (κ1) is 19.1. The van der Waals surface area contributed by atoms with Gasteiger partial charge in [-0.15, -0.1) is 0 Å². The van der Waals surface area contributed by atoms with Crippen molar-refractivity contribution in [3.63, 3.8) is 0 Å². The molecule has 4 rings (SSSR count). The number of pyridine rings is 2. The number of carbonyl (C=O) groups excluding carboxylic acids is 1. The minimum atomic E-state index is -0.252. The lowest BCUT2D eigenvalue weighted by Gasteiger charge is -2.25. The molecule has 3 aromatic rings. The summed E-state index contributed by atoms with van der Waals surface area (Å²) in [6.07, 6.45) is 8.08. The number of nitrogens with one attached hydrogen (secondary N) is 1. The molecule has 1 amide bonds. The molecule has 1 aromatic carbocycles. The number of carbonyl (C=O) groups is 1. The second-order valence-corrected chi connectivity index (χ2v) is 6.94. The number of aryl methyl sites for hydroxylation is 1. The molecule has 0 radical (unpaired) electrons. The van der Waals surface area contributed by atoms with Gasteiger partial charge in [0.25, 0.3) is 5.91 Å². The average Bonchev–Trinajstić information content (AvgIpc) is 2.78. The van der Waals surface area contributed by atoms with Crippen molar-refractivity contribution in [1.82, 2.24) is 9.97 Å². The van der Waals surface area contributed by atoms with Gasteiger partial charge in [0.15, 0.2) is 11.6 Å². The van der Waals surface area contributed by atoms with Crippen LogP contribution in [0.15, 0.2) is 67.1 Å². The monoisotopic (exact) mass is 389 g/mol. The van der Waals surface area contributed by atoms with Gasteiger partial charge in [0.1, 0.15) is 13.2 Å². The molecular weight excluding hydrogens is 366 g/mol. The van der Waals surface area contributed by atoms with E-state index in [9.17, 15) is 4.79 Å². The standard InChI is InChI=1S/C23H23N3O3/c27-22(16-29-20-10-3-8-18-7-1-2-9-19(18)20)26-23-21(11-5-13-25-23)28-15-17-6-4-12-24-14-17/h1-2,4-7,9,11-14,20H,3,8,10,15-16H2,(H,25,26,27). The number of hydrogen-bond acceptors (Lipinski definition) is 5. The Morgan fingerprint density at radius 3 is 2.90 bits per heavy atom. The molecule has 1 atom stereocenters. The molecule has 6 nitrogen and oxygen atoms in total. The van der Waals surface area contributed by atoms with Crippen molar-refractivity contribution in [2.45, 2.75) is 32.0 Å². The summed E-state index contributed by atoms with van der Waals surface area (Å²) in [5.41, 5.74) is 3.43. The van der Waals surface area contributed by atoms with E-state index in [4.69, 9.17) is 9.47 Å². The van der Waals surface area contributed by atoms with Crippen molar-refractivity contribution in [1.29, 1.82) is 0 Å². The molecule has 1 N–H and O–H groups in total. The minimum Gasteiger partial charge on any atom is -0.485 e. The van der Waals surface area contributed by atoms with Crippen LogP contribution in [0.4, 0.5) is 5.82 Å². The van der Waals surface area contributed by atoms with E-state index in [0.29, 0.717) is 18.2 Å². The Balaban J connectivity index is 1.34. The zero-order chi connectivity index (χ0) is 19.9. The van der Waals surface area contributed by atoms with Crippen molar-refractivity contribution in [2.75, 3.05) is 11.9 Å². The molecule has 0 bridgehead atoms. The van der Waals surface area contributed by atoms with E-state index in [0.717, 1.165) is 24.8 Å². The van der Waals surface area contributed by atoms with Gasteiger partial charge >= 0.3 is 0 Å². The minimum absolute atomic E-state index is 0.0301. The maximum Gasteiger partial charge on any atom is 0.251 e. The van der Waals surface area contributed by atoms with Crippen LogP contribution in [0.25, 0.3) is 0 Å². The normalized spacial score (nSPS) is 15.4. The van der Waals surface area contributed by atoms with E-state index in [2.05, 4.69) is 27.4 Å². The fourth-order valence-corrected chi connectivity index (χ4v) is 3.47. The topological polar surface area (TPSA) is 73.3 Å². The number of aromatic nitrogens is 2. The van der Waals surface area contributed by atoms with Gasteiger partial charge in [0.2, 0.25) is 0 Å². The second-order valence-electron chi connectivity index (χ2n) is 6.94. The largest absolute Gasteiger partial charge is 0.485 e. The van der Waals surface area contributed by atoms with Gasteiger partial charge in [-0.05, 0) is 48.6 Å². The highest BCUT2D eigenvalue weighted by atomic mass is 16.5. The fourth-order valence-electron chi connectivity index (χ4n) is 3.47. The Morgan fingerprint density at radius 2 is 2.00 bits per heavy atom.